The van der Waals surface area contributed by atoms with Gasteiger partial charge < -0.3 is 11.1 Å². The predicted octanol–water partition coefficient (Wildman–Crippen LogP) is 0.908. The number of thiocarbonyl (C=S) groups is 1. The molecule has 0 spiro atoms. The molecule has 60 valence electrons. The zero-order valence-corrected chi connectivity index (χ0v) is 7.50. The van der Waals surface area contributed by atoms with E-state index in [2.05, 4.69) is 31.4 Å². The predicted molar refractivity (Wildman–Crippen MR) is 49.1 cm³/mol. The van der Waals surface area contributed by atoms with Crippen LogP contribution >= 0.6 is 12.2 Å². The van der Waals surface area contributed by atoms with Crippen LogP contribution in [0.3, 0.4) is 0 Å². The Hall–Kier alpha value is -0.150. The van der Waals surface area contributed by atoms with Crippen LogP contribution in [-0.2, 0) is 0 Å². The molecule has 0 aromatic rings. The van der Waals surface area contributed by atoms with Gasteiger partial charge in [-0.15, -0.1) is 0 Å². The van der Waals surface area contributed by atoms with Gasteiger partial charge >= 0.3 is 0 Å². The number of nitrogens with one attached hydrogen (secondary N) is 1. The Balaban J connectivity index is 2.98. The highest BCUT2D eigenvalue weighted by Crippen LogP contribution is 1.95. The van der Waals surface area contributed by atoms with E-state index in [9.17, 15) is 0 Å². The molecule has 0 saturated heterocycles. The second-order valence-corrected chi connectivity index (χ2v) is 3.35. The normalized spacial score (nSPS) is 10.3. The lowest BCUT2D eigenvalue weighted by atomic mass is 10.1. The molecule has 0 fully saturated rings. The van der Waals surface area contributed by atoms with Gasteiger partial charge in [0.2, 0.25) is 0 Å². The fraction of sp³-hybridized carbons (Fsp3) is 0.857. The van der Waals surface area contributed by atoms with Crippen molar-refractivity contribution in [2.75, 3.05) is 13.1 Å². The molecule has 2 nitrogen and oxygen atoms in total. The van der Waals surface area contributed by atoms with Gasteiger partial charge in [-0.05, 0) is 18.9 Å². The summed E-state index contributed by atoms with van der Waals surface area (Å²) in [5.74, 6) is 0.749. The van der Waals surface area contributed by atoms with E-state index in [1.165, 1.54) is 6.42 Å². The largest absolute Gasteiger partial charge is 0.392 e. The first-order chi connectivity index (χ1) is 4.63. The molecule has 3 N–H and O–H groups in total. The molecule has 0 saturated carbocycles. The van der Waals surface area contributed by atoms with Crippen LogP contribution in [0, 0.1) is 5.92 Å². The van der Waals surface area contributed by atoms with Gasteiger partial charge in [0.25, 0.3) is 0 Å². The van der Waals surface area contributed by atoms with Crippen LogP contribution in [0.2, 0.25) is 0 Å². The molecule has 3 heteroatoms. The molecule has 0 heterocycles. The van der Waals surface area contributed by atoms with Crippen molar-refractivity contribution in [2.45, 2.75) is 20.3 Å². The third-order valence-corrected chi connectivity index (χ3v) is 1.34. The summed E-state index contributed by atoms with van der Waals surface area (Å²) in [4.78, 5) is 0.545. The highest BCUT2D eigenvalue weighted by atomic mass is 32.1. The van der Waals surface area contributed by atoms with Gasteiger partial charge in [0.15, 0.2) is 0 Å². The lowest BCUT2D eigenvalue weighted by Crippen LogP contribution is -2.28. The van der Waals surface area contributed by atoms with E-state index in [-0.39, 0.29) is 0 Å². The first-order valence-electron chi connectivity index (χ1n) is 3.62. The fourth-order valence-corrected chi connectivity index (χ4v) is 0.704. The molecular formula is C7H16N2S. The summed E-state index contributed by atoms with van der Waals surface area (Å²) in [5.41, 5.74) is 5.28. The van der Waals surface area contributed by atoms with Gasteiger partial charge in [-0.25, -0.2) is 0 Å². The van der Waals surface area contributed by atoms with Gasteiger partial charge in [0, 0.05) is 6.54 Å². The van der Waals surface area contributed by atoms with E-state index in [1.807, 2.05) is 0 Å². The molecule has 0 bridgehead atoms. The first kappa shape index (κ1) is 9.85. The molecule has 0 aliphatic rings. The molecule has 0 rings (SSSR count). The highest BCUT2D eigenvalue weighted by molar-refractivity contribution is 7.80. The molecular weight excluding hydrogens is 144 g/mol. The van der Waals surface area contributed by atoms with Crippen molar-refractivity contribution in [2.24, 2.45) is 11.7 Å². The quantitative estimate of drug-likeness (QED) is 0.464. The lowest BCUT2D eigenvalue weighted by Gasteiger charge is -2.04. The van der Waals surface area contributed by atoms with Crippen LogP contribution in [-0.4, -0.2) is 18.1 Å². The van der Waals surface area contributed by atoms with E-state index in [4.69, 9.17) is 5.73 Å². The van der Waals surface area contributed by atoms with Gasteiger partial charge in [0.1, 0.15) is 0 Å². The number of rotatable bonds is 5. The van der Waals surface area contributed by atoms with Crippen molar-refractivity contribution in [1.82, 2.24) is 5.32 Å². The third kappa shape index (κ3) is 7.85. The monoisotopic (exact) mass is 160 g/mol. The molecule has 0 atom stereocenters. The average molecular weight is 160 g/mol. The van der Waals surface area contributed by atoms with E-state index in [1.54, 1.807) is 0 Å². The van der Waals surface area contributed by atoms with Crippen molar-refractivity contribution in [3.8, 4) is 0 Å². The molecule has 0 aromatic heterocycles. The molecule has 0 amide bonds. The zero-order chi connectivity index (χ0) is 7.98. The van der Waals surface area contributed by atoms with E-state index in [0.29, 0.717) is 11.5 Å². The Morgan fingerprint density at radius 3 is 2.60 bits per heavy atom. The summed E-state index contributed by atoms with van der Waals surface area (Å²) >= 11 is 4.69. The maximum atomic E-state index is 5.28. The third-order valence-electron chi connectivity index (χ3n) is 1.20. The summed E-state index contributed by atoms with van der Waals surface area (Å²) in [5, 5.41) is 3.15. The van der Waals surface area contributed by atoms with Crippen molar-refractivity contribution < 1.29 is 0 Å². The molecule has 10 heavy (non-hydrogen) atoms. The molecule has 0 unspecified atom stereocenters. The average Bonchev–Trinajstić information content (AvgIpc) is 1.79. The van der Waals surface area contributed by atoms with E-state index >= 15 is 0 Å². The van der Waals surface area contributed by atoms with Crippen LogP contribution in [0.1, 0.15) is 20.3 Å². The van der Waals surface area contributed by atoms with Crippen LogP contribution in [0.25, 0.3) is 0 Å². The number of nitrogens with two attached hydrogens (primary N) is 1. The minimum atomic E-state index is 0.545. The van der Waals surface area contributed by atoms with E-state index < -0.39 is 0 Å². The van der Waals surface area contributed by atoms with Gasteiger partial charge in [-0.3, -0.25) is 0 Å². The second kappa shape index (κ2) is 5.62. The number of hydrogen-bond donors (Lipinski definition) is 2. The highest BCUT2D eigenvalue weighted by Gasteiger charge is 1.92. The van der Waals surface area contributed by atoms with Crippen LogP contribution in [0.4, 0.5) is 0 Å². The van der Waals surface area contributed by atoms with Gasteiger partial charge in [-0.1, -0.05) is 26.1 Å². The Bertz CT molecular complexity index is 102. The SMILES string of the molecule is CC(C)CCNCC(N)=S. The van der Waals surface area contributed by atoms with Crippen molar-refractivity contribution in [1.29, 1.82) is 0 Å². The number of hydrogen-bond acceptors (Lipinski definition) is 2. The summed E-state index contributed by atoms with van der Waals surface area (Å²) in [7, 11) is 0. The van der Waals surface area contributed by atoms with Crippen LogP contribution in [0.15, 0.2) is 0 Å². The minimum absolute atomic E-state index is 0.545. The summed E-state index contributed by atoms with van der Waals surface area (Å²) in [6.45, 7) is 6.07. The maximum Gasteiger partial charge on any atom is 0.0867 e. The summed E-state index contributed by atoms with van der Waals surface area (Å²) in [6, 6.07) is 0. The Labute approximate surface area is 68.2 Å². The van der Waals surface area contributed by atoms with Gasteiger partial charge in [0.05, 0.1) is 4.99 Å². The zero-order valence-electron chi connectivity index (χ0n) is 6.68. The van der Waals surface area contributed by atoms with Crippen molar-refractivity contribution in [3.05, 3.63) is 0 Å². The van der Waals surface area contributed by atoms with Crippen LogP contribution in [0.5, 0.6) is 0 Å². The van der Waals surface area contributed by atoms with Crippen LogP contribution < -0.4 is 11.1 Å². The van der Waals surface area contributed by atoms with Crippen molar-refractivity contribution >= 4 is 17.2 Å². The second-order valence-electron chi connectivity index (χ2n) is 2.83. The molecule has 0 radical (unpaired) electrons. The Kier molecular flexibility index (Phi) is 5.54. The standard InChI is InChI=1S/C7H16N2S/c1-6(2)3-4-9-5-7(8)10/h6,9H,3-5H2,1-2H3,(H2,8,10). The van der Waals surface area contributed by atoms with Crippen molar-refractivity contribution in [3.63, 3.8) is 0 Å². The first-order valence-corrected chi connectivity index (χ1v) is 4.02. The lowest BCUT2D eigenvalue weighted by molar-refractivity contribution is 0.556. The molecule has 0 aliphatic carbocycles. The minimum Gasteiger partial charge on any atom is -0.392 e. The fourth-order valence-electron chi connectivity index (χ4n) is 0.602. The Morgan fingerprint density at radius 1 is 1.60 bits per heavy atom. The topological polar surface area (TPSA) is 38.0 Å². The smallest absolute Gasteiger partial charge is 0.0867 e. The molecule has 0 aliphatic heterocycles. The Morgan fingerprint density at radius 2 is 2.20 bits per heavy atom. The summed E-state index contributed by atoms with van der Waals surface area (Å²) in [6.07, 6.45) is 1.18. The maximum absolute atomic E-state index is 5.28. The van der Waals surface area contributed by atoms with E-state index in [0.717, 1.165) is 12.5 Å². The van der Waals surface area contributed by atoms with Gasteiger partial charge in [-0.2, -0.15) is 0 Å². The summed E-state index contributed by atoms with van der Waals surface area (Å²) < 4.78 is 0. The molecule has 0 aromatic carbocycles.